The van der Waals surface area contributed by atoms with Crippen molar-refractivity contribution < 1.29 is 31.8 Å². The summed E-state index contributed by atoms with van der Waals surface area (Å²) in [6, 6.07) is 0. The second-order valence-corrected chi connectivity index (χ2v) is 2.07. The van der Waals surface area contributed by atoms with E-state index < -0.39 is 23.2 Å². The van der Waals surface area contributed by atoms with Gasteiger partial charge in [0.05, 0.1) is 0 Å². The van der Waals surface area contributed by atoms with Gasteiger partial charge in [-0.05, 0) is 0 Å². The van der Waals surface area contributed by atoms with Crippen LogP contribution in [0.4, 0.5) is 13.2 Å². The van der Waals surface area contributed by atoms with E-state index in [-0.39, 0.29) is 0 Å². The molecule has 8 heteroatoms. The van der Waals surface area contributed by atoms with Crippen LogP contribution in [0, 0.1) is 0 Å². The van der Waals surface area contributed by atoms with Crippen molar-refractivity contribution in [2.24, 2.45) is 0 Å². The summed E-state index contributed by atoms with van der Waals surface area (Å²) in [6.07, 6.45) is -3.89. The molecular weight excluding hydrogens is 189 g/mol. The first-order valence-corrected chi connectivity index (χ1v) is 3.52. The third-order valence-corrected chi connectivity index (χ3v) is 0.243. The summed E-state index contributed by atoms with van der Waals surface area (Å²) in [7, 11) is 0. The van der Waals surface area contributed by atoms with E-state index in [0.29, 0.717) is 0 Å². The van der Waals surface area contributed by atoms with Crippen molar-refractivity contribution in [2.75, 3.05) is 6.26 Å². The van der Waals surface area contributed by atoms with E-state index in [9.17, 15) is 13.2 Å². The van der Waals surface area contributed by atoms with Gasteiger partial charge in [0.2, 0.25) is 0 Å². The van der Waals surface area contributed by atoms with Gasteiger partial charge in [0.15, 0.2) is 0 Å². The SMILES string of the molecule is CS(=O)O.O=C(O)C(F)(F)F. The summed E-state index contributed by atoms with van der Waals surface area (Å²) in [5, 5.41) is 7.12. The van der Waals surface area contributed by atoms with Gasteiger partial charge in [-0.3, -0.25) is 0 Å². The van der Waals surface area contributed by atoms with E-state index >= 15 is 0 Å². The lowest BCUT2D eigenvalue weighted by Gasteiger charge is -1.93. The fourth-order valence-corrected chi connectivity index (χ4v) is 0. The Morgan fingerprint density at radius 1 is 1.45 bits per heavy atom. The van der Waals surface area contributed by atoms with Crippen LogP contribution in [-0.2, 0) is 15.9 Å². The minimum absolute atomic E-state index is 1.19. The molecule has 0 bridgehead atoms. The van der Waals surface area contributed by atoms with Crippen molar-refractivity contribution in [2.45, 2.75) is 6.18 Å². The third-order valence-electron chi connectivity index (χ3n) is 0.243. The standard InChI is InChI=1S/C2HF3O2.CH4O2S/c3-2(4,5)1(6)7;1-4(2)3/h(H,6,7);1H3,(H,2,3). The maximum absolute atomic E-state index is 10.6. The lowest BCUT2D eigenvalue weighted by Crippen LogP contribution is -2.21. The Morgan fingerprint density at radius 3 is 1.55 bits per heavy atom. The number of aliphatic carboxylic acids is 1. The molecule has 0 saturated carbocycles. The fourth-order valence-electron chi connectivity index (χ4n) is 0. The zero-order valence-electron chi connectivity index (χ0n) is 5.25. The normalized spacial score (nSPS) is 12.8. The van der Waals surface area contributed by atoms with E-state index in [1.54, 1.807) is 0 Å². The van der Waals surface area contributed by atoms with Crippen LogP contribution < -0.4 is 0 Å². The number of alkyl halides is 3. The maximum Gasteiger partial charge on any atom is 0.490 e. The molecule has 0 fully saturated rings. The van der Waals surface area contributed by atoms with Crippen LogP contribution in [0.15, 0.2) is 0 Å². The highest BCUT2D eigenvalue weighted by Gasteiger charge is 2.38. The van der Waals surface area contributed by atoms with Crippen LogP contribution in [0.3, 0.4) is 0 Å². The summed E-state index contributed by atoms with van der Waals surface area (Å²) in [4.78, 5) is 8.90. The van der Waals surface area contributed by atoms with E-state index in [1.165, 1.54) is 6.26 Å². The highest BCUT2D eigenvalue weighted by atomic mass is 32.2. The topological polar surface area (TPSA) is 74.6 Å². The monoisotopic (exact) mass is 194 g/mol. The first-order valence-electron chi connectivity index (χ1n) is 2.00. The van der Waals surface area contributed by atoms with Crippen molar-refractivity contribution in [3.63, 3.8) is 0 Å². The van der Waals surface area contributed by atoms with Crippen LogP contribution in [0.2, 0.25) is 0 Å². The minimum atomic E-state index is -5.08. The second kappa shape index (κ2) is 5.08. The highest BCUT2D eigenvalue weighted by Crippen LogP contribution is 2.13. The molecule has 0 aromatic heterocycles. The molecule has 0 aliphatic rings. The van der Waals surface area contributed by atoms with Crippen molar-refractivity contribution in [1.82, 2.24) is 0 Å². The summed E-state index contributed by atoms with van der Waals surface area (Å²) >= 11 is -1.61. The highest BCUT2D eigenvalue weighted by molar-refractivity contribution is 7.78. The van der Waals surface area contributed by atoms with E-state index in [1.807, 2.05) is 0 Å². The Bertz CT molecular complexity index is 149. The predicted molar refractivity (Wildman–Crippen MR) is 30.4 cm³/mol. The largest absolute Gasteiger partial charge is 0.490 e. The maximum atomic E-state index is 10.6. The molecular formula is C3H5F3O4S. The second-order valence-electron chi connectivity index (χ2n) is 1.23. The summed E-state index contributed by atoms with van der Waals surface area (Å²) < 4.78 is 48.4. The predicted octanol–water partition coefficient (Wildman–Crippen LogP) is 0.471. The Morgan fingerprint density at radius 2 is 1.55 bits per heavy atom. The van der Waals surface area contributed by atoms with Crippen LogP contribution in [0.5, 0.6) is 0 Å². The number of hydrogen-bond donors (Lipinski definition) is 2. The number of halogens is 3. The van der Waals surface area contributed by atoms with Gasteiger partial charge in [0.25, 0.3) is 0 Å². The van der Waals surface area contributed by atoms with Gasteiger partial charge in [0, 0.05) is 6.26 Å². The average molecular weight is 194 g/mol. The zero-order chi connectivity index (χ0) is 9.65. The molecule has 0 saturated heterocycles. The lowest BCUT2D eigenvalue weighted by molar-refractivity contribution is -0.192. The first-order chi connectivity index (χ1) is 4.68. The molecule has 0 aliphatic heterocycles. The molecule has 0 aromatic carbocycles. The minimum Gasteiger partial charge on any atom is -0.475 e. The molecule has 0 heterocycles. The molecule has 0 aliphatic carbocycles. The van der Waals surface area contributed by atoms with Gasteiger partial charge in [-0.15, -0.1) is 0 Å². The summed E-state index contributed by atoms with van der Waals surface area (Å²) in [6.45, 7) is 0. The van der Waals surface area contributed by atoms with Crippen molar-refractivity contribution in [3.8, 4) is 0 Å². The van der Waals surface area contributed by atoms with Crippen molar-refractivity contribution in [1.29, 1.82) is 0 Å². The quantitative estimate of drug-likeness (QED) is 0.549. The molecule has 0 radical (unpaired) electrons. The van der Waals surface area contributed by atoms with E-state index in [4.69, 9.17) is 18.7 Å². The zero-order valence-corrected chi connectivity index (χ0v) is 6.07. The van der Waals surface area contributed by atoms with Crippen molar-refractivity contribution in [3.05, 3.63) is 0 Å². The molecule has 1 atom stereocenters. The molecule has 1 unspecified atom stereocenters. The van der Waals surface area contributed by atoms with Gasteiger partial charge in [0.1, 0.15) is 11.1 Å². The number of carbonyl (C=O) groups is 1. The van der Waals surface area contributed by atoms with Gasteiger partial charge in [-0.1, -0.05) is 0 Å². The molecule has 11 heavy (non-hydrogen) atoms. The van der Waals surface area contributed by atoms with Crippen LogP contribution in [0.25, 0.3) is 0 Å². The molecule has 2 N–H and O–H groups in total. The van der Waals surface area contributed by atoms with E-state index in [0.717, 1.165) is 0 Å². The molecule has 0 amide bonds. The van der Waals surface area contributed by atoms with Gasteiger partial charge >= 0.3 is 12.1 Å². The Labute approximate surface area is 62.3 Å². The average Bonchev–Trinajstić information content (AvgIpc) is 1.59. The Balaban J connectivity index is 0. The van der Waals surface area contributed by atoms with Gasteiger partial charge in [-0.2, -0.15) is 13.2 Å². The number of rotatable bonds is 0. The summed E-state index contributed by atoms with van der Waals surface area (Å²) in [5.74, 6) is -2.76. The van der Waals surface area contributed by atoms with Crippen molar-refractivity contribution >= 4 is 17.0 Å². The Kier molecular flexibility index (Phi) is 6.00. The molecule has 0 rings (SSSR count). The van der Waals surface area contributed by atoms with Gasteiger partial charge in [-0.25, -0.2) is 9.00 Å². The number of carboxylic acid groups (broad SMARTS) is 1. The smallest absolute Gasteiger partial charge is 0.475 e. The fraction of sp³-hybridized carbons (Fsp3) is 0.667. The first kappa shape index (κ1) is 13.0. The molecule has 0 spiro atoms. The molecule has 0 aromatic rings. The van der Waals surface area contributed by atoms with Crippen LogP contribution in [-0.4, -0.2) is 32.3 Å². The summed E-state index contributed by atoms with van der Waals surface area (Å²) in [5.41, 5.74) is 0. The lowest BCUT2D eigenvalue weighted by atomic mass is 10.7. The molecule has 68 valence electrons. The van der Waals surface area contributed by atoms with Gasteiger partial charge < -0.3 is 9.66 Å². The van der Waals surface area contributed by atoms with Crippen LogP contribution in [0.1, 0.15) is 0 Å². The Hall–Kier alpha value is -0.630. The molecule has 4 nitrogen and oxygen atoms in total. The number of hydrogen-bond acceptors (Lipinski definition) is 2. The van der Waals surface area contributed by atoms with E-state index in [2.05, 4.69) is 0 Å². The third kappa shape index (κ3) is 17.6. The van der Waals surface area contributed by atoms with Crippen LogP contribution >= 0.6 is 0 Å². The number of carboxylic acids is 1.